The molecule has 1 aliphatic carbocycles. The number of rotatable bonds is 6. The summed E-state index contributed by atoms with van der Waals surface area (Å²) < 4.78 is 14.2. The largest absolute Gasteiger partial charge is 0.349 e. The van der Waals surface area contributed by atoms with E-state index in [2.05, 4.69) is 15.5 Å². The quantitative estimate of drug-likeness (QED) is 0.593. The molecule has 33 heavy (non-hydrogen) atoms. The lowest BCUT2D eigenvalue weighted by Crippen LogP contribution is -2.41. The first-order valence-corrected chi connectivity index (χ1v) is 12.2. The summed E-state index contributed by atoms with van der Waals surface area (Å²) in [5.41, 5.74) is 1.48. The molecule has 176 valence electrons. The summed E-state index contributed by atoms with van der Waals surface area (Å²) in [5.74, 6) is -0.819. The van der Waals surface area contributed by atoms with Gasteiger partial charge in [0.05, 0.1) is 17.2 Å². The number of para-hydroxylation sites is 1. The number of hydrogen-bond donors (Lipinski definition) is 2. The minimum atomic E-state index is -0.327. The molecule has 1 aliphatic heterocycles. The van der Waals surface area contributed by atoms with Crippen LogP contribution in [-0.2, 0) is 11.3 Å². The van der Waals surface area contributed by atoms with E-state index in [9.17, 15) is 14.0 Å². The first-order chi connectivity index (χ1) is 16.0. The average Bonchev–Trinajstić information content (AvgIpc) is 2.83. The van der Waals surface area contributed by atoms with Crippen LogP contribution in [0.2, 0.25) is 5.02 Å². The summed E-state index contributed by atoms with van der Waals surface area (Å²) in [6, 6.07) is 12.0. The van der Waals surface area contributed by atoms with E-state index < -0.39 is 0 Å². The van der Waals surface area contributed by atoms with Crippen LogP contribution in [-0.4, -0.2) is 35.8 Å². The molecule has 2 fully saturated rings. The van der Waals surface area contributed by atoms with E-state index in [0.717, 1.165) is 45.1 Å². The second kappa shape index (κ2) is 11.1. The maximum absolute atomic E-state index is 14.2. The Labute approximate surface area is 199 Å². The molecule has 2 amide bonds. The Balaban J connectivity index is 1.39. The highest BCUT2D eigenvalue weighted by Gasteiger charge is 2.28. The van der Waals surface area contributed by atoms with Crippen molar-refractivity contribution in [2.24, 2.45) is 5.92 Å². The molecule has 1 saturated heterocycles. The number of likely N-dealkylation sites (tertiary alicyclic amines) is 1. The Bertz CT molecular complexity index is 973. The van der Waals surface area contributed by atoms with E-state index >= 15 is 0 Å². The summed E-state index contributed by atoms with van der Waals surface area (Å²) in [7, 11) is 0. The number of halogens is 2. The smallest absolute Gasteiger partial charge is 0.253 e. The Hall–Kier alpha value is -2.44. The third-order valence-electron chi connectivity index (χ3n) is 6.69. The number of benzene rings is 2. The number of nitrogens with one attached hydrogen (secondary N) is 2. The highest BCUT2D eigenvalue weighted by Crippen LogP contribution is 2.26. The van der Waals surface area contributed by atoms with Gasteiger partial charge in [0.1, 0.15) is 5.82 Å². The molecule has 1 atom stereocenters. The summed E-state index contributed by atoms with van der Waals surface area (Å²) in [5, 5.41) is 6.51. The Morgan fingerprint density at radius 2 is 1.79 bits per heavy atom. The molecule has 2 aliphatic rings. The highest BCUT2D eigenvalue weighted by atomic mass is 35.5. The van der Waals surface area contributed by atoms with E-state index in [1.165, 1.54) is 12.5 Å². The molecule has 0 aromatic heterocycles. The van der Waals surface area contributed by atoms with Gasteiger partial charge in [-0.15, -0.1) is 0 Å². The van der Waals surface area contributed by atoms with Gasteiger partial charge in [0.25, 0.3) is 5.91 Å². The van der Waals surface area contributed by atoms with Gasteiger partial charge < -0.3 is 10.6 Å². The zero-order valence-electron chi connectivity index (χ0n) is 18.8. The lowest BCUT2D eigenvalue weighted by Gasteiger charge is -2.32. The number of anilines is 1. The summed E-state index contributed by atoms with van der Waals surface area (Å²) in [6.07, 6.45) is 7.10. The minimum Gasteiger partial charge on any atom is -0.349 e. The maximum Gasteiger partial charge on any atom is 0.253 e. The standard InChI is InChI=1S/C26H31ClFN3O2/c27-22-12-6-13-23(28)21(22)17-31-15-7-8-18(16-31)25(32)30-24-14-5-4-11-20(24)26(33)29-19-9-2-1-3-10-19/h4-6,11-14,18-19H,1-3,7-10,15-17H2,(H,29,33)(H,30,32). The van der Waals surface area contributed by atoms with Crippen LogP contribution in [0.3, 0.4) is 0 Å². The van der Waals surface area contributed by atoms with E-state index in [1.54, 1.807) is 24.3 Å². The van der Waals surface area contributed by atoms with Crippen molar-refractivity contribution >= 4 is 29.1 Å². The monoisotopic (exact) mass is 471 g/mol. The molecule has 2 N–H and O–H groups in total. The van der Waals surface area contributed by atoms with Crippen molar-refractivity contribution in [3.8, 4) is 0 Å². The molecular formula is C26H31ClFN3O2. The predicted octanol–water partition coefficient (Wildman–Crippen LogP) is 5.39. The van der Waals surface area contributed by atoms with Crippen LogP contribution in [0.4, 0.5) is 10.1 Å². The third-order valence-corrected chi connectivity index (χ3v) is 7.04. The van der Waals surface area contributed by atoms with E-state index in [4.69, 9.17) is 11.6 Å². The van der Waals surface area contributed by atoms with Crippen molar-refractivity contribution in [3.63, 3.8) is 0 Å². The van der Waals surface area contributed by atoms with Gasteiger partial charge in [-0.25, -0.2) is 4.39 Å². The topological polar surface area (TPSA) is 61.4 Å². The van der Waals surface area contributed by atoms with E-state index in [-0.39, 0.29) is 29.6 Å². The molecule has 4 rings (SSSR count). The third kappa shape index (κ3) is 6.12. The Morgan fingerprint density at radius 1 is 1.00 bits per heavy atom. The summed E-state index contributed by atoms with van der Waals surface area (Å²) >= 11 is 6.19. The lowest BCUT2D eigenvalue weighted by atomic mass is 9.95. The minimum absolute atomic E-state index is 0.114. The molecule has 1 saturated carbocycles. The first-order valence-electron chi connectivity index (χ1n) is 11.9. The van der Waals surface area contributed by atoms with Crippen LogP contribution in [0.25, 0.3) is 0 Å². The van der Waals surface area contributed by atoms with Crippen molar-refractivity contribution in [1.82, 2.24) is 10.2 Å². The SMILES string of the molecule is O=C(NC1CCCCC1)c1ccccc1NC(=O)C1CCCN(Cc2c(F)cccc2Cl)C1. The number of nitrogens with zero attached hydrogens (tertiary/aromatic N) is 1. The van der Waals surface area contributed by atoms with Crippen molar-refractivity contribution in [2.75, 3.05) is 18.4 Å². The van der Waals surface area contributed by atoms with Crippen LogP contribution in [0, 0.1) is 11.7 Å². The predicted molar refractivity (Wildman–Crippen MR) is 129 cm³/mol. The van der Waals surface area contributed by atoms with Crippen LogP contribution < -0.4 is 10.6 Å². The number of amides is 2. The normalized spacial score (nSPS) is 19.8. The van der Waals surface area contributed by atoms with Gasteiger partial charge >= 0.3 is 0 Å². The van der Waals surface area contributed by atoms with Crippen molar-refractivity contribution in [1.29, 1.82) is 0 Å². The van der Waals surface area contributed by atoms with E-state index in [1.807, 2.05) is 12.1 Å². The average molecular weight is 472 g/mol. The van der Waals surface area contributed by atoms with Crippen LogP contribution >= 0.6 is 11.6 Å². The van der Waals surface area contributed by atoms with Gasteiger partial charge in [-0.2, -0.15) is 0 Å². The van der Waals surface area contributed by atoms with Crippen molar-refractivity contribution in [2.45, 2.75) is 57.5 Å². The number of piperidine rings is 1. The van der Waals surface area contributed by atoms with Gasteiger partial charge in [-0.3, -0.25) is 14.5 Å². The highest BCUT2D eigenvalue weighted by molar-refractivity contribution is 6.31. The summed E-state index contributed by atoms with van der Waals surface area (Å²) in [4.78, 5) is 28.1. The fourth-order valence-electron chi connectivity index (χ4n) is 4.86. The lowest BCUT2D eigenvalue weighted by molar-refractivity contribution is -0.121. The van der Waals surface area contributed by atoms with Crippen molar-refractivity contribution in [3.05, 3.63) is 64.4 Å². The number of hydrogen-bond acceptors (Lipinski definition) is 3. The Morgan fingerprint density at radius 3 is 2.58 bits per heavy atom. The van der Waals surface area contributed by atoms with Gasteiger partial charge in [-0.05, 0) is 56.5 Å². The fraction of sp³-hybridized carbons (Fsp3) is 0.462. The zero-order chi connectivity index (χ0) is 23.2. The molecule has 0 spiro atoms. The molecule has 0 bridgehead atoms. The first kappa shape index (κ1) is 23.7. The maximum atomic E-state index is 14.2. The van der Waals surface area contributed by atoms with Gasteiger partial charge in [0.2, 0.25) is 5.91 Å². The van der Waals surface area contributed by atoms with Gasteiger partial charge in [0, 0.05) is 29.7 Å². The number of carbonyl (C=O) groups is 2. The number of carbonyl (C=O) groups excluding carboxylic acids is 2. The van der Waals surface area contributed by atoms with Gasteiger partial charge in [-0.1, -0.05) is 49.1 Å². The zero-order valence-corrected chi connectivity index (χ0v) is 19.5. The molecule has 1 heterocycles. The van der Waals surface area contributed by atoms with Crippen LogP contribution in [0.1, 0.15) is 60.9 Å². The molecule has 7 heteroatoms. The molecule has 5 nitrogen and oxygen atoms in total. The van der Waals surface area contributed by atoms with Crippen LogP contribution in [0.5, 0.6) is 0 Å². The van der Waals surface area contributed by atoms with Crippen molar-refractivity contribution < 1.29 is 14.0 Å². The Kier molecular flexibility index (Phi) is 7.99. The molecular weight excluding hydrogens is 441 g/mol. The fourth-order valence-corrected chi connectivity index (χ4v) is 5.08. The summed E-state index contributed by atoms with van der Waals surface area (Å²) in [6.45, 7) is 1.68. The van der Waals surface area contributed by atoms with Crippen LogP contribution in [0.15, 0.2) is 42.5 Å². The van der Waals surface area contributed by atoms with E-state index in [0.29, 0.717) is 34.9 Å². The molecule has 2 aromatic carbocycles. The molecule has 0 radical (unpaired) electrons. The second-order valence-electron chi connectivity index (χ2n) is 9.12. The van der Waals surface area contributed by atoms with Gasteiger partial charge in [0.15, 0.2) is 0 Å². The second-order valence-corrected chi connectivity index (χ2v) is 9.52. The molecule has 2 aromatic rings. The molecule has 1 unspecified atom stereocenters.